The quantitative estimate of drug-likeness (QED) is 0.777. The first kappa shape index (κ1) is 19.9. The minimum atomic E-state index is -0.326. The zero-order valence-corrected chi connectivity index (χ0v) is 17.9. The number of amides is 2. The van der Waals surface area contributed by atoms with E-state index in [1.807, 2.05) is 36.8 Å². The van der Waals surface area contributed by atoms with E-state index >= 15 is 0 Å². The summed E-state index contributed by atoms with van der Waals surface area (Å²) in [6.45, 7) is 9.23. The summed E-state index contributed by atoms with van der Waals surface area (Å²) in [6.07, 6.45) is 8.97. The standard InChI is InChI=1S/C23H32N4O2/c1-23(2,3)22(29)26-12-7-17(8-13-26)18-9-14-27-20(15-18)19(16-24-27)21(28)25-10-5-4-6-11-25/h9,14-17H,4-8,10-13H2,1-3H3. The van der Waals surface area contributed by atoms with E-state index in [4.69, 9.17) is 0 Å². The van der Waals surface area contributed by atoms with Crippen LogP contribution < -0.4 is 0 Å². The van der Waals surface area contributed by atoms with Crippen LogP contribution in [0.2, 0.25) is 0 Å². The average Bonchev–Trinajstić information content (AvgIpc) is 3.16. The van der Waals surface area contributed by atoms with E-state index in [1.165, 1.54) is 12.0 Å². The van der Waals surface area contributed by atoms with Crippen LogP contribution in [-0.4, -0.2) is 57.4 Å². The van der Waals surface area contributed by atoms with Crippen LogP contribution in [-0.2, 0) is 4.79 Å². The van der Waals surface area contributed by atoms with Crippen molar-refractivity contribution in [1.29, 1.82) is 0 Å². The van der Waals surface area contributed by atoms with Crippen molar-refractivity contribution >= 4 is 17.3 Å². The van der Waals surface area contributed by atoms with Crippen LogP contribution in [0.1, 0.15) is 74.7 Å². The van der Waals surface area contributed by atoms with Crippen molar-refractivity contribution in [3.05, 3.63) is 35.7 Å². The number of aromatic nitrogens is 2. The lowest BCUT2D eigenvalue weighted by atomic mass is 9.87. The van der Waals surface area contributed by atoms with Crippen molar-refractivity contribution in [3.63, 3.8) is 0 Å². The molecule has 2 aliphatic heterocycles. The van der Waals surface area contributed by atoms with E-state index in [9.17, 15) is 9.59 Å². The summed E-state index contributed by atoms with van der Waals surface area (Å²) in [5, 5.41) is 4.40. The molecule has 0 saturated carbocycles. The number of piperidine rings is 2. The molecule has 0 aromatic carbocycles. The van der Waals surface area contributed by atoms with E-state index < -0.39 is 0 Å². The Morgan fingerprint density at radius 1 is 1.00 bits per heavy atom. The summed E-state index contributed by atoms with van der Waals surface area (Å²) in [7, 11) is 0. The molecule has 4 rings (SSSR count). The first-order valence-corrected chi connectivity index (χ1v) is 10.9. The van der Waals surface area contributed by atoms with Gasteiger partial charge in [-0.15, -0.1) is 0 Å². The fourth-order valence-corrected chi connectivity index (χ4v) is 4.57. The predicted molar refractivity (Wildman–Crippen MR) is 113 cm³/mol. The molecular weight excluding hydrogens is 364 g/mol. The maximum atomic E-state index is 13.0. The molecule has 6 nitrogen and oxygen atoms in total. The van der Waals surface area contributed by atoms with Crippen molar-refractivity contribution in [2.45, 2.75) is 58.8 Å². The van der Waals surface area contributed by atoms with Crippen LogP contribution in [0, 0.1) is 5.41 Å². The number of pyridine rings is 1. The highest BCUT2D eigenvalue weighted by molar-refractivity contribution is 6.00. The van der Waals surface area contributed by atoms with Gasteiger partial charge in [0.25, 0.3) is 5.91 Å². The Morgan fingerprint density at radius 3 is 2.34 bits per heavy atom. The van der Waals surface area contributed by atoms with E-state index in [0.717, 1.165) is 57.4 Å². The number of hydrogen-bond acceptors (Lipinski definition) is 3. The molecule has 2 saturated heterocycles. The molecule has 156 valence electrons. The van der Waals surface area contributed by atoms with Gasteiger partial charge >= 0.3 is 0 Å². The Bertz CT molecular complexity index is 897. The summed E-state index contributed by atoms with van der Waals surface area (Å²) < 4.78 is 1.80. The number of nitrogens with zero attached hydrogens (tertiary/aromatic N) is 4. The van der Waals surface area contributed by atoms with Crippen molar-refractivity contribution in [2.24, 2.45) is 5.41 Å². The molecule has 0 unspecified atom stereocenters. The molecule has 4 heterocycles. The molecule has 2 aromatic heterocycles. The first-order valence-electron chi connectivity index (χ1n) is 10.9. The van der Waals surface area contributed by atoms with Gasteiger partial charge in [-0.3, -0.25) is 9.59 Å². The molecule has 0 bridgehead atoms. The first-order chi connectivity index (χ1) is 13.8. The molecule has 6 heteroatoms. The fraction of sp³-hybridized carbons (Fsp3) is 0.609. The zero-order valence-electron chi connectivity index (χ0n) is 17.9. The number of carbonyl (C=O) groups excluding carboxylic acids is 2. The predicted octanol–water partition coefficient (Wildman–Crippen LogP) is 3.71. The summed E-state index contributed by atoms with van der Waals surface area (Å²) >= 11 is 0. The maximum absolute atomic E-state index is 13.0. The third-order valence-corrected chi connectivity index (χ3v) is 6.31. The summed E-state index contributed by atoms with van der Waals surface area (Å²) in [5.41, 5.74) is 2.52. The molecular formula is C23H32N4O2. The van der Waals surface area contributed by atoms with E-state index in [0.29, 0.717) is 11.5 Å². The third-order valence-electron chi connectivity index (χ3n) is 6.31. The van der Waals surface area contributed by atoms with Gasteiger partial charge in [0, 0.05) is 37.8 Å². The SMILES string of the molecule is CC(C)(C)C(=O)N1CCC(c2ccn3ncc(C(=O)N4CCCCC4)c3c2)CC1. The molecule has 0 radical (unpaired) electrons. The number of fused-ring (bicyclic) bond motifs is 1. The minimum absolute atomic E-state index is 0.0995. The minimum Gasteiger partial charge on any atom is -0.342 e. The lowest BCUT2D eigenvalue weighted by Gasteiger charge is -2.36. The fourth-order valence-electron chi connectivity index (χ4n) is 4.57. The van der Waals surface area contributed by atoms with Gasteiger partial charge in [0.1, 0.15) is 0 Å². The van der Waals surface area contributed by atoms with Gasteiger partial charge in [-0.2, -0.15) is 5.10 Å². The Balaban J connectivity index is 1.51. The Kier molecular flexibility index (Phi) is 5.36. The van der Waals surface area contributed by atoms with Crippen LogP contribution in [0.3, 0.4) is 0 Å². The van der Waals surface area contributed by atoms with E-state index in [2.05, 4.69) is 17.2 Å². The Hall–Kier alpha value is -2.37. The van der Waals surface area contributed by atoms with Gasteiger partial charge in [0.05, 0.1) is 17.3 Å². The van der Waals surface area contributed by atoms with Crippen molar-refractivity contribution < 1.29 is 9.59 Å². The third kappa shape index (κ3) is 4.02. The van der Waals surface area contributed by atoms with E-state index in [1.54, 1.807) is 10.7 Å². The molecule has 29 heavy (non-hydrogen) atoms. The van der Waals surface area contributed by atoms with Gasteiger partial charge in [-0.25, -0.2) is 4.52 Å². The second kappa shape index (κ2) is 7.81. The zero-order chi connectivity index (χ0) is 20.6. The van der Waals surface area contributed by atoms with Crippen molar-refractivity contribution in [2.75, 3.05) is 26.2 Å². The Morgan fingerprint density at radius 2 is 1.69 bits per heavy atom. The van der Waals surface area contributed by atoms with Crippen molar-refractivity contribution in [3.8, 4) is 0 Å². The molecule has 0 atom stereocenters. The monoisotopic (exact) mass is 396 g/mol. The van der Waals surface area contributed by atoms with Crippen LogP contribution in [0.4, 0.5) is 0 Å². The molecule has 2 aromatic rings. The van der Waals surface area contributed by atoms with Crippen LogP contribution >= 0.6 is 0 Å². The lowest BCUT2D eigenvalue weighted by molar-refractivity contribution is -0.140. The molecule has 2 aliphatic rings. The van der Waals surface area contributed by atoms with Gasteiger partial charge in [0.2, 0.25) is 5.91 Å². The van der Waals surface area contributed by atoms with Crippen molar-refractivity contribution in [1.82, 2.24) is 19.4 Å². The highest BCUT2D eigenvalue weighted by Crippen LogP contribution is 2.31. The summed E-state index contributed by atoms with van der Waals surface area (Å²) in [6, 6.07) is 4.25. The Labute approximate surface area is 172 Å². The van der Waals surface area contributed by atoms with Crippen LogP contribution in [0.5, 0.6) is 0 Å². The smallest absolute Gasteiger partial charge is 0.257 e. The molecule has 2 fully saturated rings. The highest BCUT2D eigenvalue weighted by Gasteiger charge is 2.31. The molecule has 2 amide bonds. The maximum Gasteiger partial charge on any atom is 0.257 e. The number of likely N-dealkylation sites (tertiary alicyclic amines) is 2. The average molecular weight is 397 g/mol. The highest BCUT2D eigenvalue weighted by atomic mass is 16.2. The molecule has 0 aliphatic carbocycles. The van der Waals surface area contributed by atoms with Gasteiger partial charge in [0.15, 0.2) is 0 Å². The molecule has 0 N–H and O–H groups in total. The second-order valence-electron chi connectivity index (χ2n) is 9.52. The lowest BCUT2D eigenvalue weighted by Crippen LogP contribution is -2.43. The van der Waals surface area contributed by atoms with Crippen LogP contribution in [0.15, 0.2) is 24.5 Å². The van der Waals surface area contributed by atoms with Crippen LogP contribution in [0.25, 0.3) is 5.52 Å². The molecule has 0 spiro atoms. The van der Waals surface area contributed by atoms with Gasteiger partial charge in [-0.05, 0) is 55.7 Å². The second-order valence-corrected chi connectivity index (χ2v) is 9.52. The van der Waals surface area contributed by atoms with Gasteiger partial charge in [-0.1, -0.05) is 20.8 Å². The summed E-state index contributed by atoms with van der Waals surface area (Å²) in [5.74, 6) is 0.746. The largest absolute Gasteiger partial charge is 0.342 e. The normalized spacial score (nSPS) is 19.0. The van der Waals surface area contributed by atoms with Gasteiger partial charge < -0.3 is 9.80 Å². The van der Waals surface area contributed by atoms with E-state index in [-0.39, 0.29) is 17.2 Å². The summed E-state index contributed by atoms with van der Waals surface area (Å²) in [4.78, 5) is 29.5. The number of carbonyl (C=O) groups is 2. The number of hydrogen-bond donors (Lipinski definition) is 0. The topological polar surface area (TPSA) is 57.9 Å². The number of rotatable bonds is 2.